The number of hydrogen-bond donors (Lipinski definition) is 2. The number of carbonyl (C=O) groups excluding carboxylic acids is 2. The summed E-state index contributed by atoms with van der Waals surface area (Å²) >= 11 is 0. The van der Waals surface area contributed by atoms with Gasteiger partial charge in [0, 0.05) is 47.4 Å². The first-order valence-corrected chi connectivity index (χ1v) is 10.0. The Morgan fingerprint density at radius 2 is 2.03 bits per heavy atom. The molecule has 3 aromatic rings. The highest BCUT2D eigenvalue weighted by atomic mass is 16.2. The van der Waals surface area contributed by atoms with Crippen molar-refractivity contribution in [1.82, 2.24) is 9.88 Å². The average molecular weight is 387 g/mol. The van der Waals surface area contributed by atoms with Crippen LogP contribution in [0, 0.1) is 5.92 Å². The summed E-state index contributed by atoms with van der Waals surface area (Å²) in [6.07, 6.45) is 3.57. The van der Waals surface area contributed by atoms with Crippen LogP contribution in [0.2, 0.25) is 0 Å². The number of piperidine rings is 1. The van der Waals surface area contributed by atoms with Crippen molar-refractivity contribution < 1.29 is 9.59 Å². The Labute approximate surface area is 170 Å². The molecule has 0 spiro atoms. The molecule has 29 heavy (non-hydrogen) atoms. The summed E-state index contributed by atoms with van der Waals surface area (Å²) in [6, 6.07) is 18.1. The van der Waals surface area contributed by atoms with Crippen LogP contribution in [0.3, 0.4) is 0 Å². The predicted octanol–water partition coefficient (Wildman–Crippen LogP) is 4.59. The van der Waals surface area contributed by atoms with E-state index in [2.05, 4.69) is 29.0 Å². The van der Waals surface area contributed by atoms with Crippen molar-refractivity contribution in [2.24, 2.45) is 5.92 Å². The number of aromatic nitrogens is 1. The fourth-order valence-corrected chi connectivity index (χ4v) is 3.91. The topological polar surface area (TPSA) is 65.2 Å². The van der Waals surface area contributed by atoms with Gasteiger partial charge in [0.15, 0.2) is 0 Å². The van der Waals surface area contributed by atoms with Crippen molar-refractivity contribution in [2.75, 3.05) is 18.4 Å². The van der Waals surface area contributed by atoms with Gasteiger partial charge in [0.2, 0.25) is 11.8 Å². The number of para-hydroxylation sites is 1. The van der Waals surface area contributed by atoms with Crippen molar-refractivity contribution in [3.8, 4) is 11.3 Å². The SMILES string of the molecule is C=CCC(=O)N1CCC[C@@H](C(=O)Nc2cccc(-c3cc4ccccc4[nH]3)c2)C1. The van der Waals surface area contributed by atoms with E-state index in [9.17, 15) is 9.59 Å². The maximum Gasteiger partial charge on any atom is 0.229 e. The molecule has 5 nitrogen and oxygen atoms in total. The molecule has 0 saturated carbocycles. The van der Waals surface area contributed by atoms with Crippen molar-refractivity contribution >= 4 is 28.4 Å². The normalized spacial score (nSPS) is 16.6. The summed E-state index contributed by atoms with van der Waals surface area (Å²) in [5.41, 5.74) is 3.88. The highest BCUT2D eigenvalue weighted by Crippen LogP contribution is 2.27. The highest BCUT2D eigenvalue weighted by Gasteiger charge is 2.28. The predicted molar refractivity (Wildman–Crippen MR) is 116 cm³/mol. The Bertz CT molecular complexity index is 1020. The lowest BCUT2D eigenvalue weighted by Gasteiger charge is -2.32. The molecule has 2 amide bonds. The van der Waals surface area contributed by atoms with Gasteiger partial charge in [0.05, 0.1) is 5.92 Å². The van der Waals surface area contributed by atoms with E-state index in [4.69, 9.17) is 0 Å². The number of carbonyl (C=O) groups is 2. The van der Waals surface area contributed by atoms with Gasteiger partial charge in [-0.05, 0) is 37.1 Å². The van der Waals surface area contributed by atoms with Crippen LogP contribution in [0.25, 0.3) is 22.2 Å². The van der Waals surface area contributed by atoms with Crippen LogP contribution in [-0.4, -0.2) is 34.8 Å². The monoisotopic (exact) mass is 387 g/mol. The minimum absolute atomic E-state index is 0.0325. The third-order valence-corrected chi connectivity index (χ3v) is 5.43. The molecule has 1 fully saturated rings. The molecule has 2 heterocycles. The number of H-pyrrole nitrogens is 1. The van der Waals surface area contributed by atoms with E-state index in [0.717, 1.165) is 40.7 Å². The van der Waals surface area contributed by atoms with Crippen LogP contribution in [0.1, 0.15) is 19.3 Å². The largest absolute Gasteiger partial charge is 0.355 e. The quantitative estimate of drug-likeness (QED) is 0.629. The lowest BCUT2D eigenvalue weighted by Crippen LogP contribution is -2.43. The summed E-state index contributed by atoms with van der Waals surface area (Å²) in [6.45, 7) is 4.81. The zero-order chi connectivity index (χ0) is 20.2. The van der Waals surface area contributed by atoms with E-state index in [-0.39, 0.29) is 17.7 Å². The Morgan fingerprint density at radius 3 is 2.86 bits per heavy atom. The first kappa shape index (κ1) is 19.0. The minimum Gasteiger partial charge on any atom is -0.355 e. The molecule has 4 rings (SSSR count). The number of hydrogen-bond acceptors (Lipinski definition) is 2. The third kappa shape index (κ3) is 4.24. The van der Waals surface area contributed by atoms with E-state index in [0.29, 0.717) is 19.5 Å². The number of amides is 2. The van der Waals surface area contributed by atoms with Gasteiger partial charge in [-0.2, -0.15) is 0 Å². The van der Waals surface area contributed by atoms with Gasteiger partial charge in [-0.15, -0.1) is 6.58 Å². The highest BCUT2D eigenvalue weighted by molar-refractivity contribution is 5.94. The zero-order valence-corrected chi connectivity index (χ0v) is 16.4. The van der Waals surface area contributed by atoms with E-state index >= 15 is 0 Å². The molecule has 1 aliphatic rings. The molecule has 5 heteroatoms. The van der Waals surface area contributed by atoms with Gasteiger partial charge < -0.3 is 15.2 Å². The number of likely N-dealkylation sites (tertiary alicyclic amines) is 1. The lowest BCUT2D eigenvalue weighted by molar-refractivity contribution is -0.133. The molecule has 0 aliphatic carbocycles. The number of nitrogens with zero attached hydrogens (tertiary/aromatic N) is 1. The second-order valence-electron chi connectivity index (χ2n) is 7.51. The van der Waals surface area contributed by atoms with E-state index in [1.165, 1.54) is 0 Å². The Hall–Kier alpha value is -3.34. The molecule has 148 valence electrons. The lowest BCUT2D eigenvalue weighted by atomic mass is 9.96. The number of anilines is 1. The van der Waals surface area contributed by atoms with E-state index in [1.807, 2.05) is 42.5 Å². The maximum atomic E-state index is 12.8. The molecule has 2 N–H and O–H groups in total. The maximum absolute atomic E-state index is 12.8. The zero-order valence-electron chi connectivity index (χ0n) is 16.4. The number of aromatic amines is 1. The van der Waals surface area contributed by atoms with E-state index < -0.39 is 0 Å². The fourth-order valence-electron chi connectivity index (χ4n) is 3.91. The van der Waals surface area contributed by atoms with Crippen molar-refractivity contribution in [2.45, 2.75) is 19.3 Å². The van der Waals surface area contributed by atoms with Gasteiger partial charge in [-0.3, -0.25) is 9.59 Å². The summed E-state index contributed by atoms with van der Waals surface area (Å²) < 4.78 is 0. The number of benzene rings is 2. The van der Waals surface area contributed by atoms with E-state index in [1.54, 1.807) is 11.0 Å². The van der Waals surface area contributed by atoms with Gasteiger partial charge in [0.1, 0.15) is 0 Å². The van der Waals surface area contributed by atoms with Crippen molar-refractivity contribution in [3.63, 3.8) is 0 Å². The molecular weight excluding hydrogens is 362 g/mol. The van der Waals surface area contributed by atoms with Crippen LogP contribution < -0.4 is 5.32 Å². The van der Waals surface area contributed by atoms with Gasteiger partial charge in [0.25, 0.3) is 0 Å². The first-order valence-electron chi connectivity index (χ1n) is 10.0. The molecule has 2 aromatic carbocycles. The van der Waals surface area contributed by atoms with Crippen LogP contribution >= 0.6 is 0 Å². The summed E-state index contributed by atoms with van der Waals surface area (Å²) in [7, 11) is 0. The molecule has 1 saturated heterocycles. The van der Waals surface area contributed by atoms with Crippen LogP contribution in [0.4, 0.5) is 5.69 Å². The fraction of sp³-hybridized carbons (Fsp3) is 0.250. The Kier molecular flexibility index (Phi) is 5.47. The third-order valence-electron chi connectivity index (χ3n) is 5.43. The summed E-state index contributed by atoms with van der Waals surface area (Å²) in [4.78, 5) is 30.1. The number of nitrogens with one attached hydrogen (secondary N) is 2. The van der Waals surface area contributed by atoms with Crippen LogP contribution in [-0.2, 0) is 9.59 Å². The molecule has 1 aliphatic heterocycles. The van der Waals surface area contributed by atoms with Crippen LogP contribution in [0.5, 0.6) is 0 Å². The average Bonchev–Trinajstić information content (AvgIpc) is 3.19. The molecule has 0 bridgehead atoms. The molecule has 1 aromatic heterocycles. The van der Waals surface area contributed by atoms with Crippen molar-refractivity contribution in [3.05, 3.63) is 67.3 Å². The Balaban J connectivity index is 1.46. The van der Waals surface area contributed by atoms with Gasteiger partial charge >= 0.3 is 0 Å². The summed E-state index contributed by atoms with van der Waals surface area (Å²) in [5.74, 6) is -0.178. The second-order valence-corrected chi connectivity index (χ2v) is 7.51. The standard InChI is InChI=1S/C24H25N3O2/c1-2-7-23(28)27-13-6-10-19(16-27)24(29)25-20-11-5-9-17(14-20)22-15-18-8-3-4-12-21(18)26-22/h2-5,8-9,11-12,14-15,19,26H,1,6-7,10,13,16H2,(H,25,29)/t19-/m1/s1. The molecular formula is C24H25N3O2. The Morgan fingerprint density at radius 1 is 1.17 bits per heavy atom. The van der Waals surface area contributed by atoms with Gasteiger partial charge in [-0.1, -0.05) is 36.4 Å². The number of fused-ring (bicyclic) bond motifs is 1. The number of rotatable bonds is 5. The smallest absolute Gasteiger partial charge is 0.229 e. The minimum atomic E-state index is -0.186. The second kappa shape index (κ2) is 8.35. The van der Waals surface area contributed by atoms with Gasteiger partial charge in [-0.25, -0.2) is 0 Å². The molecule has 1 atom stereocenters. The van der Waals surface area contributed by atoms with Crippen LogP contribution in [0.15, 0.2) is 67.3 Å². The van der Waals surface area contributed by atoms with Crippen molar-refractivity contribution in [1.29, 1.82) is 0 Å². The molecule has 0 unspecified atom stereocenters. The molecule has 0 radical (unpaired) electrons. The summed E-state index contributed by atoms with van der Waals surface area (Å²) in [5, 5.41) is 4.19. The first-order chi connectivity index (χ1) is 14.1.